The molecule has 1 saturated heterocycles. The van der Waals surface area contributed by atoms with Crippen LogP contribution in [0.25, 0.3) is 11.3 Å². The molecule has 216 valence electrons. The van der Waals surface area contributed by atoms with Gasteiger partial charge in [0.05, 0.1) is 18.7 Å². The monoisotopic (exact) mass is 558 g/mol. The Morgan fingerprint density at radius 2 is 1.63 bits per heavy atom. The van der Waals surface area contributed by atoms with Crippen LogP contribution in [-0.4, -0.2) is 61.2 Å². The van der Waals surface area contributed by atoms with Crippen molar-refractivity contribution in [3.8, 4) is 17.0 Å². The van der Waals surface area contributed by atoms with Gasteiger partial charge in [-0.25, -0.2) is 0 Å². The summed E-state index contributed by atoms with van der Waals surface area (Å²) in [5, 5.41) is 17.4. The molecular weight excluding hydrogens is 520 g/mol. The van der Waals surface area contributed by atoms with Crippen LogP contribution in [0.2, 0.25) is 0 Å². The van der Waals surface area contributed by atoms with Crippen LogP contribution in [0, 0.1) is 11.3 Å². The van der Waals surface area contributed by atoms with E-state index < -0.39 is 5.41 Å². The van der Waals surface area contributed by atoms with Crippen molar-refractivity contribution in [3.63, 3.8) is 0 Å². The highest BCUT2D eigenvalue weighted by Gasteiger charge is 2.26. The lowest BCUT2D eigenvalue weighted by molar-refractivity contribution is -0.125. The highest BCUT2D eigenvalue weighted by molar-refractivity contribution is 5.97. The number of anilines is 2. The number of benzene rings is 2. The van der Waals surface area contributed by atoms with Gasteiger partial charge in [-0.2, -0.15) is 0 Å². The summed E-state index contributed by atoms with van der Waals surface area (Å²) in [5.41, 5.74) is 2.33. The number of aromatic nitrogens is 2. The van der Waals surface area contributed by atoms with E-state index in [-0.39, 0.29) is 23.6 Å². The van der Waals surface area contributed by atoms with Crippen molar-refractivity contribution in [2.24, 2.45) is 11.3 Å². The molecule has 0 bridgehead atoms. The largest absolute Gasteiger partial charge is 0.497 e. The molecular formula is C31H38N6O4. The molecule has 4 rings (SSSR count). The van der Waals surface area contributed by atoms with Crippen molar-refractivity contribution in [1.82, 2.24) is 20.8 Å². The first-order valence-electron chi connectivity index (χ1n) is 13.8. The average molecular weight is 559 g/mol. The van der Waals surface area contributed by atoms with Crippen LogP contribution in [-0.2, 0) is 9.59 Å². The predicted octanol–water partition coefficient (Wildman–Crippen LogP) is 3.90. The van der Waals surface area contributed by atoms with Gasteiger partial charge in [0.2, 0.25) is 11.8 Å². The Labute approximate surface area is 240 Å². The fourth-order valence-corrected chi connectivity index (χ4v) is 4.44. The summed E-state index contributed by atoms with van der Waals surface area (Å²) in [6, 6.07) is 18.3. The van der Waals surface area contributed by atoms with E-state index in [1.807, 2.05) is 57.2 Å². The van der Waals surface area contributed by atoms with E-state index >= 15 is 0 Å². The number of amides is 3. The maximum absolute atomic E-state index is 12.8. The van der Waals surface area contributed by atoms with E-state index in [1.165, 1.54) is 0 Å². The van der Waals surface area contributed by atoms with Crippen molar-refractivity contribution in [1.29, 1.82) is 0 Å². The second-order valence-electron chi connectivity index (χ2n) is 11.1. The number of ether oxygens (including phenoxy) is 1. The number of nitrogens with zero attached hydrogens (tertiary/aromatic N) is 3. The van der Waals surface area contributed by atoms with Crippen LogP contribution in [0.5, 0.6) is 5.75 Å². The van der Waals surface area contributed by atoms with Crippen LogP contribution < -0.4 is 25.6 Å². The number of hydrogen-bond acceptors (Lipinski definition) is 7. The molecule has 0 spiro atoms. The third-order valence-electron chi connectivity index (χ3n) is 6.95. The highest BCUT2D eigenvalue weighted by atomic mass is 16.5. The van der Waals surface area contributed by atoms with Gasteiger partial charge in [-0.1, -0.05) is 20.8 Å². The van der Waals surface area contributed by atoms with Crippen molar-refractivity contribution < 1.29 is 19.1 Å². The van der Waals surface area contributed by atoms with Crippen LogP contribution in [0.4, 0.5) is 11.5 Å². The lowest BCUT2D eigenvalue weighted by Crippen LogP contribution is -2.45. The Morgan fingerprint density at radius 3 is 2.27 bits per heavy atom. The zero-order valence-corrected chi connectivity index (χ0v) is 24.1. The molecule has 3 amide bonds. The van der Waals surface area contributed by atoms with Gasteiger partial charge in [0, 0.05) is 48.4 Å². The summed E-state index contributed by atoms with van der Waals surface area (Å²) >= 11 is 0. The Morgan fingerprint density at radius 1 is 0.927 bits per heavy atom. The lowest BCUT2D eigenvalue weighted by Gasteiger charge is -2.32. The minimum absolute atomic E-state index is 0.0364. The van der Waals surface area contributed by atoms with E-state index in [4.69, 9.17) is 4.74 Å². The van der Waals surface area contributed by atoms with Crippen LogP contribution >= 0.6 is 0 Å². The molecule has 0 saturated carbocycles. The van der Waals surface area contributed by atoms with Gasteiger partial charge in [-0.3, -0.25) is 14.4 Å². The molecule has 2 aromatic carbocycles. The van der Waals surface area contributed by atoms with Crippen molar-refractivity contribution in [2.45, 2.75) is 33.6 Å². The van der Waals surface area contributed by atoms with Gasteiger partial charge in [0.15, 0.2) is 5.82 Å². The van der Waals surface area contributed by atoms with E-state index in [1.54, 1.807) is 31.4 Å². The number of methoxy groups -OCH3 is 1. The molecule has 10 heteroatoms. The molecule has 1 aliphatic rings. The van der Waals surface area contributed by atoms with Crippen LogP contribution in [0.3, 0.4) is 0 Å². The minimum Gasteiger partial charge on any atom is -0.497 e. The fourth-order valence-electron chi connectivity index (χ4n) is 4.44. The molecule has 3 aromatic rings. The van der Waals surface area contributed by atoms with Gasteiger partial charge in [-0.05, 0) is 73.5 Å². The third kappa shape index (κ3) is 8.03. The summed E-state index contributed by atoms with van der Waals surface area (Å²) in [7, 11) is 1.63. The fraction of sp³-hybridized carbons (Fsp3) is 0.387. The number of carbonyl (C=O) groups excluding carboxylic acids is 3. The van der Waals surface area contributed by atoms with E-state index in [9.17, 15) is 14.4 Å². The topological polar surface area (TPSA) is 126 Å². The van der Waals surface area contributed by atoms with Crippen molar-refractivity contribution in [2.75, 3.05) is 43.5 Å². The number of piperidine rings is 1. The zero-order valence-electron chi connectivity index (χ0n) is 24.1. The maximum Gasteiger partial charge on any atom is 0.251 e. The predicted molar refractivity (Wildman–Crippen MR) is 159 cm³/mol. The Bertz CT molecular complexity index is 1340. The highest BCUT2D eigenvalue weighted by Crippen LogP contribution is 2.25. The molecule has 2 heterocycles. The Kier molecular flexibility index (Phi) is 9.54. The van der Waals surface area contributed by atoms with Gasteiger partial charge in [-0.15, -0.1) is 10.2 Å². The lowest BCUT2D eigenvalue weighted by atomic mass is 9.95. The zero-order chi connectivity index (χ0) is 29.4. The molecule has 0 aliphatic carbocycles. The van der Waals surface area contributed by atoms with Crippen LogP contribution in [0.15, 0.2) is 60.7 Å². The maximum atomic E-state index is 12.8. The summed E-state index contributed by atoms with van der Waals surface area (Å²) in [6.45, 7) is 7.53. The van der Waals surface area contributed by atoms with Gasteiger partial charge in [0.1, 0.15) is 5.75 Å². The molecule has 1 fully saturated rings. The summed E-state index contributed by atoms with van der Waals surface area (Å²) < 4.78 is 5.21. The number of rotatable bonds is 9. The summed E-state index contributed by atoms with van der Waals surface area (Å²) in [6.07, 6.45) is 1.67. The van der Waals surface area contributed by atoms with Crippen molar-refractivity contribution in [3.05, 3.63) is 66.2 Å². The van der Waals surface area contributed by atoms with E-state index in [2.05, 4.69) is 31.0 Å². The molecule has 41 heavy (non-hydrogen) atoms. The summed E-state index contributed by atoms with van der Waals surface area (Å²) in [5.74, 6) is 0.989. The first-order valence-corrected chi connectivity index (χ1v) is 13.8. The number of nitrogens with one attached hydrogen (secondary N) is 3. The smallest absolute Gasteiger partial charge is 0.251 e. The second kappa shape index (κ2) is 13.3. The quantitative estimate of drug-likeness (QED) is 0.340. The average Bonchev–Trinajstić information content (AvgIpc) is 2.99. The molecule has 1 aliphatic heterocycles. The Hall–Kier alpha value is -4.47. The van der Waals surface area contributed by atoms with E-state index in [0.29, 0.717) is 30.9 Å². The minimum atomic E-state index is -0.505. The molecule has 3 N–H and O–H groups in total. The van der Waals surface area contributed by atoms with Gasteiger partial charge >= 0.3 is 0 Å². The summed E-state index contributed by atoms with van der Waals surface area (Å²) in [4.78, 5) is 39.6. The standard InChI is InChI=1S/C31H38N6O4/c1-31(2,3)30(40)34-24-11-7-22(8-12-24)28(38)32-17-18-33-29(39)23-6-5-19-37(20-23)27-16-15-26(35-36-27)21-9-13-25(41-4)14-10-21/h7-16,23H,5-6,17-20H2,1-4H3,(H,32,38)(H,33,39)(H,34,40). The normalized spacial score (nSPS) is 15.1. The number of carbonyl (C=O) groups is 3. The first kappa shape index (κ1) is 29.5. The molecule has 0 radical (unpaired) electrons. The van der Waals surface area contributed by atoms with Crippen LogP contribution in [0.1, 0.15) is 44.0 Å². The molecule has 1 atom stereocenters. The van der Waals surface area contributed by atoms with Gasteiger partial charge in [0.25, 0.3) is 5.91 Å². The molecule has 10 nitrogen and oxygen atoms in total. The second-order valence-corrected chi connectivity index (χ2v) is 11.1. The number of hydrogen-bond donors (Lipinski definition) is 3. The molecule has 1 aromatic heterocycles. The first-order chi connectivity index (χ1) is 19.6. The third-order valence-corrected chi connectivity index (χ3v) is 6.95. The van der Waals surface area contributed by atoms with Gasteiger partial charge < -0.3 is 25.6 Å². The van der Waals surface area contributed by atoms with E-state index in [0.717, 1.165) is 42.2 Å². The van der Waals surface area contributed by atoms with Crippen molar-refractivity contribution >= 4 is 29.2 Å². The SMILES string of the molecule is COc1ccc(-c2ccc(N3CCCC(C(=O)NCCNC(=O)c4ccc(NC(=O)C(C)(C)C)cc4)C3)nn2)cc1. The Balaban J connectivity index is 1.21. The molecule has 1 unspecified atom stereocenters.